The number of methoxy groups -OCH3 is 2. The van der Waals surface area contributed by atoms with Crippen molar-refractivity contribution in [3.63, 3.8) is 0 Å². The summed E-state index contributed by atoms with van der Waals surface area (Å²) in [7, 11) is 4.94. The Hall–Kier alpha value is -2.08. The maximum atomic E-state index is 9.25. The first-order valence-corrected chi connectivity index (χ1v) is 5.43. The van der Waals surface area contributed by atoms with Gasteiger partial charge in [-0.15, -0.1) is 5.10 Å². The third-order valence-corrected chi connectivity index (χ3v) is 2.70. The highest BCUT2D eigenvalue weighted by Gasteiger charge is 2.14. The van der Waals surface area contributed by atoms with Gasteiger partial charge in [-0.05, 0) is 18.2 Å². The molecule has 1 aromatic heterocycles. The third-order valence-electron chi connectivity index (χ3n) is 2.70. The maximum Gasteiger partial charge on any atom is 0.161 e. The van der Waals surface area contributed by atoms with Gasteiger partial charge in [0.2, 0.25) is 0 Å². The first-order valence-electron chi connectivity index (χ1n) is 5.43. The molecule has 1 N–H and O–H groups in total. The average molecular weight is 249 g/mol. The Morgan fingerprint density at radius 1 is 1.22 bits per heavy atom. The van der Waals surface area contributed by atoms with E-state index in [1.165, 1.54) is 0 Å². The molecule has 0 radical (unpaired) electrons. The molecule has 0 bridgehead atoms. The quantitative estimate of drug-likeness (QED) is 0.875. The topological polar surface area (TPSA) is 69.4 Å². The number of hydrogen-bond donors (Lipinski definition) is 1. The third kappa shape index (κ3) is 2.02. The van der Waals surface area contributed by atoms with Crippen molar-refractivity contribution >= 4 is 0 Å². The first kappa shape index (κ1) is 12.4. The van der Waals surface area contributed by atoms with Gasteiger partial charge in [0.15, 0.2) is 11.5 Å². The molecule has 6 heteroatoms. The van der Waals surface area contributed by atoms with Gasteiger partial charge in [0.05, 0.1) is 26.5 Å². The number of rotatable bonds is 4. The molecule has 0 saturated heterocycles. The molecule has 0 aliphatic rings. The summed E-state index contributed by atoms with van der Waals surface area (Å²) in [6, 6.07) is 5.51. The first-order chi connectivity index (χ1) is 8.71. The van der Waals surface area contributed by atoms with E-state index in [2.05, 4.69) is 10.3 Å². The van der Waals surface area contributed by atoms with E-state index in [0.717, 1.165) is 11.3 Å². The summed E-state index contributed by atoms with van der Waals surface area (Å²) in [6.07, 6.45) is 0. The summed E-state index contributed by atoms with van der Waals surface area (Å²) in [5, 5.41) is 17.0. The largest absolute Gasteiger partial charge is 0.493 e. The van der Waals surface area contributed by atoms with Gasteiger partial charge >= 0.3 is 0 Å². The van der Waals surface area contributed by atoms with Crippen LogP contribution >= 0.6 is 0 Å². The fourth-order valence-corrected chi connectivity index (χ4v) is 1.84. The molecule has 0 amide bonds. The fraction of sp³-hybridized carbons (Fsp3) is 0.333. The lowest BCUT2D eigenvalue weighted by Gasteiger charge is -2.10. The predicted molar refractivity (Wildman–Crippen MR) is 65.5 cm³/mol. The van der Waals surface area contributed by atoms with E-state index in [1.807, 2.05) is 18.2 Å². The molecule has 6 nitrogen and oxygen atoms in total. The van der Waals surface area contributed by atoms with Crippen LogP contribution in [0.1, 0.15) is 5.69 Å². The predicted octanol–water partition coefficient (Wildman–Crippen LogP) is 0.992. The fourth-order valence-electron chi connectivity index (χ4n) is 1.84. The molecular formula is C12H15N3O3. The molecule has 0 atom stereocenters. The zero-order chi connectivity index (χ0) is 13.1. The minimum Gasteiger partial charge on any atom is -0.493 e. The van der Waals surface area contributed by atoms with E-state index >= 15 is 0 Å². The van der Waals surface area contributed by atoms with E-state index in [1.54, 1.807) is 25.9 Å². The molecule has 18 heavy (non-hydrogen) atoms. The normalized spacial score (nSPS) is 10.4. The van der Waals surface area contributed by atoms with Crippen molar-refractivity contribution in [3.05, 3.63) is 23.9 Å². The van der Waals surface area contributed by atoms with Crippen molar-refractivity contribution < 1.29 is 14.6 Å². The maximum absolute atomic E-state index is 9.25. The van der Waals surface area contributed by atoms with Gasteiger partial charge in [0.25, 0.3) is 0 Å². The van der Waals surface area contributed by atoms with Crippen LogP contribution in [0.5, 0.6) is 11.5 Å². The second-order valence-corrected chi connectivity index (χ2v) is 3.74. The van der Waals surface area contributed by atoms with Crippen molar-refractivity contribution in [2.45, 2.75) is 6.61 Å². The number of aliphatic hydroxyl groups excluding tert-OH is 1. The Morgan fingerprint density at radius 2 is 1.94 bits per heavy atom. The minimum absolute atomic E-state index is 0.155. The Bertz CT molecular complexity index is 551. The van der Waals surface area contributed by atoms with Crippen molar-refractivity contribution in [2.75, 3.05) is 14.2 Å². The van der Waals surface area contributed by atoms with Gasteiger partial charge in [-0.25, -0.2) is 4.68 Å². The number of benzene rings is 1. The van der Waals surface area contributed by atoms with E-state index in [0.29, 0.717) is 17.2 Å². The van der Waals surface area contributed by atoms with Gasteiger partial charge in [-0.1, -0.05) is 5.21 Å². The number of hydrogen-bond acceptors (Lipinski definition) is 5. The molecule has 0 aliphatic heterocycles. The Kier molecular flexibility index (Phi) is 3.47. The van der Waals surface area contributed by atoms with Crippen molar-refractivity contribution in [3.8, 4) is 22.8 Å². The SMILES string of the molecule is COc1ccc(-c2c(CO)nnn2C)cc1OC. The monoisotopic (exact) mass is 249 g/mol. The van der Waals surface area contributed by atoms with Gasteiger partial charge in [-0.3, -0.25) is 0 Å². The highest BCUT2D eigenvalue weighted by molar-refractivity contribution is 5.66. The number of aliphatic hydroxyl groups is 1. The number of nitrogens with zero attached hydrogens (tertiary/aromatic N) is 3. The minimum atomic E-state index is -0.155. The zero-order valence-corrected chi connectivity index (χ0v) is 10.5. The smallest absolute Gasteiger partial charge is 0.161 e. The van der Waals surface area contributed by atoms with Crippen LogP contribution < -0.4 is 9.47 Å². The summed E-state index contributed by atoms with van der Waals surface area (Å²) < 4.78 is 12.1. The van der Waals surface area contributed by atoms with Crippen LogP contribution in [0.25, 0.3) is 11.3 Å². The van der Waals surface area contributed by atoms with Crippen molar-refractivity contribution in [1.29, 1.82) is 0 Å². The molecule has 0 spiro atoms. The lowest BCUT2D eigenvalue weighted by atomic mass is 10.1. The van der Waals surface area contributed by atoms with Crippen molar-refractivity contribution in [1.82, 2.24) is 15.0 Å². The van der Waals surface area contributed by atoms with E-state index in [9.17, 15) is 5.11 Å². The molecule has 2 rings (SSSR count). The molecular weight excluding hydrogens is 234 g/mol. The highest BCUT2D eigenvalue weighted by atomic mass is 16.5. The van der Waals surface area contributed by atoms with E-state index in [4.69, 9.17) is 9.47 Å². The molecule has 0 aliphatic carbocycles. The Morgan fingerprint density at radius 3 is 2.56 bits per heavy atom. The summed E-state index contributed by atoms with van der Waals surface area (Å²) >= 11 is 0. The standard InChI is InChI=1S/C12H15N3O3/c1-15-12(9(7-16)13-14-15)8-4-5-10(17-2)11(6-8)18-3/h4-6,16H,7H2,1-3H3. The average Bonchev–Trinajstić information content (AvgIpc) is 2.79. The van der Waals surface area contributed by atoms with Crippen LogP contribution in [0.15, 0.2) is 18.2 Å². The molecule has 2 aromatic rings. The number of ether oxygens (including phenoxy) is 2. The molecule has 1 aromatic carbocycles. The summed E-state index contributed by atoms with van der Waals surface area (Å²) in [5.41, 5.74) is 2.16. The van der Waals surface area contributed by atoms with Crippen LogP contribution in [0.3, 0.4) is 0 Å². The lowest BCUT2D eigenvalue weighted by molar-refractivity contribution is 0.277. The number of aryl methyl sites for hydroxylation is 1. The summed E-state index contributed by atoms with van der Waals surface area (Å²) in [5.74, 6) is 1.28. The van der Waals surface area contributed by atoms with Crippen LogP contribution in [-0.4, -0.2) is 34.3 Å². The highest BCUT2D eigenvalue weighted by Crippen LogP contribution is 2.32. The van der Waals surface area contributed by atoms with Gasteiger partial charge < -0.3 is 14.6 Å². The molecule has 0 unspecified atom stereocenters. The van der Waals surface area contributed by atoms with Crippen LogP contribution in [0.4, 0.5) is 0 Å². The van der Waals surface area contributed by atoms with E-state index < -0.39 is 0 Å². The zero-order valence-electron chi connectivity index (χ0n) is 10.5. The van der Waals surface area contributed by atoms with Crippen molar-refractivity contribution in [2.24, 2.45) is 7.05 Å². The van der Waals surface area contributed by atoms with Crippen LogP contribution in [0.2, 0.25) is 0 Å². The second-order valence-electron chi connectivity index (χ2n) is 3.74. The second kappa shape index (κ2) is 5.05. The molecule has 0 fully saturated rings. The lowest BCUT2D eigenvalue weighted by Crippen LogP contribution is -1.97. The molecule has 96 valence electrons. The molecule has 0 saturated carbocycles. The Balaban J connectivity index is 2.54. The number of aromatic nitrogens is 3. The van der Waals surface area contributed by atoms with Gasteiger partial charge in [0, 0.05) is 12.6 Å². The summed E-state index contributed by atoms with van der Waals surface area (Å²) in [4.78, 5) is 0. The van der Waals surface area contributed by atoms with Crippen LogP contribution in [-0.2, 0) is 13.7 Å². The molecule has 1 heterocycles. The Labute approximate surface area is 105 Å². The van der Waals surface area contributed by atoms with Gasteiger partial charge in [0.1, 0.15) is 5.69 Å². The van der Waals surface area contributed by atoms with Gasteiger partial charge in [-0.2, -0.15) is 0 Å². The van der Waals surface area contributed by atoms with Crippen LogP contribution in [0, 0.1) is 0 Å². The summed E-state index contributed by atoms with van der Waals surface area (Å²) in [6.45, 7) is -0.155. The van der Waals surface area contributed by atoms with E-state index in [-0.39, 0.29) is 6.61 Å².